The molecular formula is C23H22O11. The molecule has 0 saturated carbocycles. The van der Waals surface area contributed by atoms with Crippen LogP contribution in [-0.4, -0.2) is 67.5 Å². The van der Waals surface area contributed by atoms with Crippen LogP contribution in [0.3, 0.4) is 0 Å². The summed E-state index contributed by atoms with van der Waals surface area (Å²) in [5.74, 6) is 1.04. The van der Waals surface area contributed by atoms with E-state index >= 15 is 0 Å². The van der Waals surface area contributed by atoms with Gasteiger partial charge in [0.1, 0.15) is 35.0 Å². The van der Waals surface area contributed by atoms with Crippen LogP contribution in [0.5, 0.6) is 28.7 Å². The van der Waals surface area contributed by atoms with Crippen molar-refractivity contribution in [3.8, 4) is 40.1 Å². The molecule has 11 nitrogen and oxygen atoms in total. The highest BCUT2D eigenvalue weighted by molar-refractivity contribution is 5.92. The molecular weight excluding hydrogens is 452 g/mol. The number of benzene rings is 2. The van der Waals surface area contributed by atoms with Gasteiger partial charge >= 0.3 is 0 Å². The van der Waals surface area contributed by atoms with Gasteiger partial charge in [0.15, 0.2) is 17.3 Å². The minimum absolute atomic E-state index is 0.0323. The SMILES string of the molecule is COc1ccc(-c2oc3cc4c(c(OC)c3c(=O)c2O[C@@H]2OC[C@@H](O)[C@H](O)C2O)OCO4)cc1. The molecule has 0 spiro atoms. The summed E-state index contributed by atoms with van der Waals surface area (Å²) in [4.78, 5) is 13.7. The molecule has 2 aliphatic rings. The number of rotatable bonds is 5. The molecule has 0 bridgehead atoms. The lowest BCUT2D eigenvalue weighted by atomic mass is 10.1. The number of aliphatic hydroxyl groups is 3. The van der Waals surface area contributed by atoms with Crippen LogP contribution in [0.4, 0.5) is 0 Å². The van der Waals surface area contributed by atoms with E-state index in [1.54, 1.807) is 24.3 Å². The van der Waals surface area contributed by atoms with Gasteiger partial charge in [-0.15, -0.1) is 0 Å². The normalized spacial score (nSPS) is 23.7. The summed E-state index contributed by atoms with van der Waals surface area (Å²) in [6, 6.07) is 8.20. The molecule has 0 aliphatic carbocycles. The van der Waals surface area contributed by atoms with Crippen molar-refractivity contribution in [3.63, 3.8) is 0 Å². The lowest BCUT2D eigenvalue weighted by Gasteiger charge is -2.34. The standard InChI is InChI=1S/C23H22O11/c1-28-11-5-3-10(4-6-11)19-22(34-23-18(27)16(25)12(24)8-30-23)17(26)15-13(33-19)7-14-20(21(15)29-2)32-9-31-14/h3-7,12,16,18,23-25,27H,8-9H2,1-2H3/t12-,16+,18?,23+/m1/s1. The topological polar surface area (TPSA) is 146 Å². The fourth-order valence-electron chi connectivity index (χ4n) is 3.89. The molecule has 0 amide bonds. The Hall–Kier alpha value is -3.51. The maximum absolute atomic E-state index is 13.7. The lowest BCUT2D eigenvalue weighted by Crippen LogP contribution is -2.55. The molecule has 1 aromatic heterocycles. The summed E-state index contributed by atoms with van der Waals surface area (Å²) in [5, 5.41) is 30.2. The van der Waals surface area contributed by atoms with Gasteiger partial charge < -0.3 is 48.2 Å². The zero-order valence-corrected chi connectivity index (χ0v) is 18.2. The van der Waals surface area contributed by atoms with E-state index in [0.29, 0.717) is 17.1 Å². The Labute approximate surface area is 192 Å². The highest BCUT2D eigenvalue weighted by Crippen LogP contribution is 2.47. The van der Waals surface area contributed by atoms with Crippen LogP contribution in [0, 0.1) is 0 Å². The minimum atomic E-state index is -1.62. The van der Waals surface area contributed by atoms with Gasteiger partial charge in [0.25, 0.3) is 0 Å². The summed E-state index contributed by atoms with van der Waals surface area (Å²) in [5.41, 5.74) is 0.000724. The fourth-order valence-corrected chi connectivity index (χ4v) is 3.89. The van der Waals surface area contributed by atoms with Gasteiger partial charge in [-0.05, 0) is 24.3 Å². The predicted octanol–water partition coefficient (Wildman–Crippen LogP) is 1.02. The second-order valence-corrected chi connectivity index (χ2v) is 7.70. The number of methoxy groups -OCH3 is 2. The molecule has 3 aromatic rings. The van der Waals surface area contributed by atoms with Crippen LogP contribution in [0.15, 0.2) is 39.5 Å². The smallest absolute Gasteiger partial charge is 0.239 e. The van der Waals surface area contributed by atoms with Crippen LogP contribution < -0.4 is 29.1 Å². The molecule has 0 radical (unpaired) electrons. The van der Waals surface area contributed by atoms with E-state index < -0.39 is 30.0 Å². The Morgan fingerprint density at radius 2 is 1.74 bits per heavy atom. The number of fused-ring (bicyclic) bond motifs is 2. The van der Waals surface area contributed by atoms with Crippen LogP contribution >= 0.6 is 0 Å². The van der Waals surface area contributed by atoms with Gasteiger partial charge in [-0.3, -0.25) is 4.79 Å². The molecule has 3 heterocycles. The molecule has 3 N–H and O–H groups in total. The van der Waals surface area contributed by atoms with Crippen molar-refractivity contribution in [1.29, 1.82) is 0 Å². The Balaban J connectivity index is 1.71. The van der Waals surface area contributed by atoms with Crippen LogP contribution in [-0.2, 0) is 4.74 Å². The van der Waals surface area contributed by atoms with Crippen LogP contribution in [0.1, 0.15) is 0 Å². The zero-order valence-electron chi connectivity index (χ0n) is 18.2. The first-order chi connectivity index (χ1) is 16.4. The van der Waals surface area contributed by atoms with Crippen molar-refractivity contribution < 1.29 is 48.2 Å². The number of ether oxygens (including phenoxy) is 6. The molecule has 1 saturated heterocycles. The largest absolute Gasteiger partial charge is 0.497 e. The van der Waals surface area contributed by atoms with Crippen molar-refractivity contribution in [2.75, 3.05) is 27.6 Å². The van der Waals surface area contributed by atoms with Gasteiger partial charge in [0.05, 0.1) is 20.8 Å². The maximum atomic E-state index is 13.7. The summed E-state index contributed by atoms with van der Waals surface area (Å²) < 4.78 is 38.7. The first kappa shape index (κ1) is 22.3. The van der Waals surface area contributed by atoms with E-state index in [1.807, 2.05) is 0 Å². The van der Waals surface area contributed by atoms with Crippen LogP contribution in [0.25, 0.3) is 22.3 Å². The van der Waals surface area contributed by atoms with Gasteiger partial charge in [-0.25, -0.2) is 0 Å². The monoisotopic (exact) mass is 474 g/mol. The summed E-state index contributed by atoms with van der Waals surface area (Å²) in [7, 11) is 2.90. The molecule has 2 aliphatic heterocycles. The predicted molar refractivity (Wildman–Crippen MR) is 116 cm³/mol. The third kappa shape index (κ3) is 3.59. The lowest BCUT2D eigenvalue weighted by molar-refractivity contribution is -0.242. The first-order valence-corrected chi connectivity index (χ1v) is 10.4. The number of hydrogen-bond acceptors (Lipinski definition) is 11. The summed E-state index contributed by atoms with van der Waals surface area (Å²) >= 11 is 0. The molecule has 5 rings (SSSR count). The third-order valence-corrected chi connectivity index (χ3v) is 5.68. The third-order valence-electron chi connectivity index (χ3n) is 5.68. The average molecular weight is 474 g/mol. The van der Waals surface area contributed by atoms with E-state index in [2.05, 4.69) is 0 Å². The molecule has 2 aromatic carbocycles. The van der Waals surface area contributed by atoms with E-state index in [1.165, 1.54) is 20.3 Å². The van der Waals surface area contributed by atoms with Crippen LogP contribution in [0.2, 0.25) is 0 Å². The van der Waals surface area contributed by atoms with Gasteiger partial charge in [-0.1, -0.05) is 0 Å². The fraction of sp³-hybridized carbons (Fsp3) is 0.348. The Morgan fingerprint density at radius 1 is 0.971 bits per heavy atom. The molecule has 11 heteroatoms. The van der Waals surface area contributed by atoms with E-state index in [9.17, 15) is 20.1 Å². The van der Waals surface area contributed by atoms with Crippen molar-refractivity contribution >= 4 is 11.0 Å². The Bertz CT molecular complexity index is 1270. The minimum Gasteiger partial charge on any atom is -0.497 e. The molecule has 180 valence electrons. The number of hydrogen-bond donors (Lipinski definition) is 3. The quantitative estimate of drug-likeness (QED) is 0.487. The summed E-state index contributed by atoms with van der Waals surface area (Å²) in [6.45, 7) is -0.352. The van der Waals surface area contributed by atoms with E-state index in [-0.39, 0.29) is 47.4 Å². The van der Waals surface area contributed by atoms with Gasteiger partial charge in [0, 0.05) is 11.6 Å². The van der Waals surface area contributed by atoms with Crippen molar-refractivity contribution in [1.82, 2.24) is 0 Å². The number of aliphatic hydroxyl groups excluding tert-OH is 3. The second-order valence-electron chi connectivity index (χ2n) is 7.70. The molecule has 1 unspecified atom stereocenters. The van der Waals surface area contributed by atoms with Crippen molar-refractivity contribution in [3.05, 3.63) is 40.6 Å². The summed E-state index contributed by atoms with van der Waals surface area (Å²) in [6.07, 6.45) is -5.90. The Morgan fingerprint density at radius 3 is 2.44 bits per heavy atom. The molecule has 34 heavy (non-hydrogen) atoms. The highest BCUT2D eigenvalue weighted by Gasteiger charge is 2.40. The molecule has 1 fully saturated rings. The molecule has 4 atom stereocenters. The second kappa shape index (κ2) is 8.69. The van der Waals surface area contributed by atoms with Gasteiger partial charge in [0.2, 0.25) is 30.0 Å². The average Bonchev–Trinajstić information content (AvgIpc) is 3.32. The Kier molecular flexibility index (Phi) is 5.70. The highest BCUT2D eigenvalue weighted by atomic mass is 16.7. The first-order valence-electron chi connectivity index (χ1n) is 10.4. The van der Waals surface area contributed by atoms with E-state index in [0.717, 1.165) is 0 Å². The zero-order chi connectivity index (χ0) is 24.0. The van der Waals surface area contributed by atoms with Crippen molar-refractivity contribution in [2.45, 2.75) is 24.6 Å². The van der Waals surface area contributed by atoms with Crippen molar-refractivity contribution in [2.24, 2.45) is 0 Å². The maximum Gasteiger partial charge on any atom is 0.239 e. The van der Waals surface area contributed by atoms with E-state index in [4.69, 9.17) is 32.8 Å². The van der Waals surface area contributed by atoms with Gasteiger partial charge in [-0.2, -0.15) is 0 Å².